The zero-order chi connectivity index (χ0) is 19.2. The van der Waals surface area contributed by atoms with Gasteiger partial charge in [-0.2, -0.15) is 0 Å². The Morgan fingerprint density at radius 3 is 1.92 bits per heavy atom. The van der Waals surface area contributed by atoms with E-state index < -0.39 is 12.1 Å². The van der Waals surface area contributed by atoms with E-state index >= 15 is 0 Å². The number of carbonyl (C=O) groups is 2. The van der Waals surface area contributed by atoms with Gasteiger partial charge in [-0.25, -0.2) is 0 Å². The van der Waals surface area contributed by atoms with Crippen LogP contribution in [-0.4, -0.2) is 80.9 Å². The Kier molecular flexibility index (Phi) is 11.4. The molecule has 0 radical (unpaired) electrons. The van der Waals surface area contributed by atoms with E-state index in [-0.39, 0.29) is 11.5 Å². The third-order valence-electron chi connectivity index (χ3n) is 3.20. The fourth-order valence-corrected chi connectivity index (χ4v) is 1.90. The number of hydrogen-bond donors (Lipinski definition) is 4. The van der Waals surface area contributed by atoms with Crippen molar-refractivity contribution in [3.63, 3.8) is 0 Å². The molecule has 26 heavy (non-hydrogen) atoms. The Labute approximate surface area is 152 Å². The molecule has 1 amide bonds. The van der Waals surface area contributed by atoms with Gasteiger partial charge < -0.3 is 35.5 Å². The fourth-order valence-electron chi connectivity index (χ4n) is 1.90. The van der Waals surface area contributed by atoms with Crippen molar-refractivity contribution in [1.29, 1.82) is 0 Å². The summed E-state index contributed by atoms with van der Waals surface area (Å²) >= 11 is 0. The van der Waals surface area contributed by atoms with E-state index in [0.717, 1.165) is 0 Å². The largest absolute Gasteiger partial charge is 0.378 e. The molecule has 9 nitrogen and oxygen atoms in total. The van der Waals surface area contributed by atoms with E-state index in [1.165, 1.54) is 24.3 Å². The van der Waals surface area contributed by atoms with Crippen LogP contribution < -0.4 is 11.1 Å². The minimum atomic E-state index is -2.06. The number of Topliss-reactive ketones (excluding diaryl/α,β-unsaturated/α-hetero) is 1. The molecule has 5 N–H and O–H groups in total. The van der Waals surface area contributed by atoms with Crippen molar-refractivity contribution in [2.24, 2.45) is 5.73 Å². The Morgan fingerprint density at radius 1 is 0.885 bits per heavy atom. The van der Waals surface area contributed by atoms with Crippen LogP contribution in [-0.2, 0) is 14.2 Å². The summed E-state index contributed by atoms with van der Waals surface area (Å²) in [5.74, 6) is -1.14. The predicted molar refractivity (Wildman–Crippen MR) is 92.8 cm³/mol. The van der Waals surface area contributed by atoms with Crippen LogP contribution in [0.15, 0.2) is 24.3 Å². The molecule has 1 aromatic carbocycles. The van der Waals surface area contributed by atoms with E-state index in [0.29, 0.717) is 58.3 Å². The van der Waals surface area contributed by atoms with Gasteiger partial charge in [0.2, 0.25) is 12.1 Å². The number of nitrogens with one attached hydrogen (secondary N) is 1. The summed E-state index contributed by atoms with van der Waals surface area (Å²) in [6.45, 7) is 3.49. The van der Waals surface area contributed by atoms with Crippen LogP contribution in [0.4, 0.5) is 0 Å². The monoisotopic (exact) mass is 370 g/mol. The summed E-state index contributed by atoms with van der Waals surface area (Å²) in [6.07, 6.45) is -2.06. The molecule has 1 aromatic rings. The van der Waals surface area contributed by atoms with E-state index in [1.807, 2.05) is 0 Å². The summed E-state index contributed by atoms with van der Waals surface area (Å²) in [4.78, 5) is 23.3. The second kappa shape index (κ2) is 13.3. The lowest BCUT2D eigenvalue weighted by molar-refractivity contribution is -0.0195. The number of benzene rings is 1. The van der Waals surface area contributed by atoms with Gasteiger partial charge in [0.05, 0.1) is 39.6 Å². The first-order valence-corrected chi connectivity index (χ1v) is 8.28. The number of carbonyl (C=O) groups excluding carboxylic acids is 2. The number of aliphatic hydroxyl groups is 2. The zero-order valence-corrected chi connectivity index (χ0v) is 14.6. The van der Waals surface area contributed by atoms with Crippen LogP contribution in [0.5, 0.6) is 0 Å². The maximum Gasteiger partial charge on any atom is 0.251 e. The number of amides is 1. The average Bonchev–Trinajstić information content (AvgIpc) is 2.65. The molecular formula is C17H26N2O7. The standard InChI is InChI=1S/C17H26N2O7/c18-5-7-24-9-11-26-12-10-25-8-6-19-16(21)14-3-1-13(2-4-14)15(20)17(22)23/h1-4,17,22-23H,5-12,18H2,(H,19,21). The normalized spacial score (nSPS) is 10.9. The molecular weight excluding hydrogens is 344 g/mol. The van der Waals surface area contributed by atoms with Crippen molar-refractivity contribution in [3.8, 4) is 0 Å². The Hall–Kier alpha value is -1.88. The summed E-state index contributed by atoms with van der Waals surface area (Å²) in [5.41, 5.74) is 5.75. The maximum atomic E-state index is 11.9. The molecule has 0 bridgehead atoms. The first-order chi connectivity index (χ1) is 12.6. The third kappa shape index (κ3) is 8.99. The molecule has 0 spiro atoms. The van der Waals surface area contributed by atoms with E-state index in [9.17, 15) is 9.59 Å². The topological polar surface area (TPSA) is 140 Å². The molecule has 0 atom stereocenters. The van der Waals surface area contributed by atoms with Crippen LogP contribution in [0.3, 0.4) is 0 Å². The lowest BCUT2D eigenvalue weighted by Gasteiger charge is -2.08. The summed E-state index contributed by atoms with van der Waals surface area (Å²) in [5, 5.41) is 20.3. The first-order valence-electron chi connectivity index (χ1n) is 8.28. The lowest BCUT2D eigenvalue weighted by Crippen LogP contribution is -2.27. The summed E-state index contributed by atoms with van der Waals surface area (Å²) in [7, 11) is 0. The molecule has 0 fully saturated rings. The smallest absolute Gasteiger partial charge is 0.251 e. The number of ether oxygens (including phenoxy) is 3. The average molecular weight is 370 g/mol. The number of nitrogens with two attached hydrogens (primary N) is 1. The van der Waals surface area contributed by atoms with Crippen molar-refractivity contribution in [2.75, 3.05) is 52.7 Å². The molecule has 1 rings (SSSR count). The Balaban J connectivity index is 2.10. The Morgan fingerprint density at radius 2 is 1.38 bits per heavy atom. The van der Waals surface area contributed by atoms with Crippen molar-refractivity contribution in [1.82, 2.24) is 5.32 Å². The zero-order valence-electron chi connectivity index (χ0n) is 14.6. The number of rotatable bonds is 14. The van der Waals surface area contributed by atoms with Crippen LogP contribution in [0.2, 0.25) is 0 Å². The number of ketones is 1. The molecule has 0 aliphatic heterocycles. The second-order valence-electron chi connectivity index (χ2n) is 5.20. The highest BCUT2D eigenvalue weighted by atomic mass is 16.5. The van der Waals surface area contributed by atoms with Gasteiger partial charge in [-0.3, -0.25) is 9.59 Å². The van der Waals surface area contributed by atoms with Gasteiger partial charge in [0.1, 0.15) is 0 Å². The number of hydrogen-bond acceptors (Lipinski definition) is 8. The first kappa shape index (κ1) is 22.2. The van der Waals surface area contributed by atoms with Crippen molar-refractivity contribution in [3.05, 3.63) is 35.4 Å². The second-order valence-corrected chi connectivity index (χ2v) is 5.20. The van der Waals surface area contributed by atoms with Gasteiger partial charge in [0.25, 0.3) is 5.91 Å². The van der Waals surface area contributed by atoms with E-state index in [4.69, 9.17) is 30.2 Å². The molecule has 0 aliphatic carbocycles. The molecule has 0 heterocycles. The molecule has 9 heteroatoms. The minimum Gasteiger partial charge on any atom is -0.378 e. The highest BCUT2D eigenvalue weighted by molar-refractivity contribution is 6.00. The van der Waals surface area contributed by atoms with Crippen LogP contribution in [0, 0.1) is 0 Å². The van der Waals surface area contributed by atoms with E-state index in [1.54, 1.807) is 0 Å². The molecule has 0 saturated carbocycles. The van der Waals surface area contributed by atoms with Crippen molar-refractivity contribution in [2.45, 2.75) is 6.29 Å². The van der Waals surface area contributed by atoms with Gasteiger partial charge in [-0.05, 0) is 12.1 Å². The fraction of sp³-hybridized carbons (Fsp3) is 0.529. The quantitative estimate of drug-likeness (QED) is 0.184. The summed E-state index contributed by atoms with van der Waals surface area (Å²) < 4.78 is 15.8. The maximum absolute atomic E-state index is 11.9. The lowest BCUT2D eigenvalue weighted by atomic mass is 10.1. The molecule has 146 valence electrons. The van der Waals surface area contributed by atoms with Gasteiger partial charge in [-0.15, -0.1) is 0 Å². The highest BCUT2D eigenvalue weighted by Gasteiger charge is 2.14. The van der Waals surface area contributed by atoms with Crippen molar-refractivity contribution < 1.29 is 34.0 Å². The van der Waals surface area contributed by atoms with Crippen LogP contribution >= 0.6 is 0 Å². The molecule has 0 aromatic heterocycles. The minimum absolute atomic E-state index is 0.119. The van der Waals surface area contributed by atoms with Crippen LogP contribution in [0.25, 0.3) is 0 Å². The van der Waals surface area contributed by atoms with Gasteiger partial charge in [0, 0.05) is 24.2 Å². The molecule has 0 unspecified atom stereocenters. The van der Waals surface area contributed by atoms with Crippen molar-refractivity contribution >= 4 is 11.7 Å². The van der Waals surface area contributed by atoms with Crippen LogP contribution in [0.1, 0.15) is 20.7 Å². The number of aliphatic hydroxyl groups excluding tert-OH is 1. The van der Waals surface area contributed by atoms with E-state index in [2.05, 4.69) is 5.32 Å². The highest BCUT2D eigenvalue weighted by Crippen LogP contribution is 2.06. The SMILES string of the molecule is NCCOCCOCCOCCNC(=O)c1ccc(C(=O)C(O)O)cc1. The molecule has 0 aliphatic rings. The Bertz CT molecular complexity index is 534. The van der Waals surface area contributed by atoms with Gasteiger partial charge in [-0.1, -0.05) is 12.1 Å². The summed E-state index contributed by atoms with van der Waals surface area (Å²) in [6, 6.07) is 5.60. The molecule has 0 saturated heterocycles. The van der Waals surface area contributed by atoms with Gasteiger partial charge in [0.15, 0.2) is 0 Å². The van der Waals surface area contributed by atoms with Gasteiger partial charge >= 0.3 is 0 Å². The third-order valence-corrected chi connectivity index (χ3v) is 3.20. The predicted octanol–water partition coefficient (Wildman–Crippen LogP) is -1.08.